The second-order valence-corrected chi connectivity index (χ2v) is 5.77. The Morgan fingerprint density at radius 2 is 2.00 bits per heavy atom. The van der Waals surface area contributed by atoms with Crippen LogP contribution in [0.5, 0.6) is 0 Å². The molecule has 3 N–H and O–H groups in total. The fourth-order valence-corrected chi connectivity index (χ4v) is 3.06. The van der Waals surface area contributed by atoms with E-state index in [2.05, 4.69) is 24.5 Å². The minimum atomic E-state index is 0.121. The van der Waals surface area contributed by atoms with E-state index in [-0.39, 0.29) is 6.04 Å². The van der Waals surface area contributed by atoms with Crippen LogP contribution in [-0.2, 0) is 0 Å². The highest BCUT2D eigenvalue weighted by atomic mass is 35.5. The number of aryl methyl sites for hydroxylation is 1. The summed E-state index contributed by atoms with van der Waals surface area (Å²) in [6, 6.07) is 6.15. The minimum Gasteiger partial charge on any atom is -0.271 e. The number of nitrogens with one attached hydrogen (secondary N) is 1. The van der Waals surface area contributed by atoms with Gasteiger partial charge >= 0.3 is 0 Å². The van der Waals surface area contributed by atoms with E-state index in [4.69, 9.17) is 17.4 Å². The average Bonchev–Trinajstić information content (AvgIpc) is 2.34. The zero-order valence-electron chi connectivity index (χ0n) is 11.6. The van der Waals surface area contributed by atoms with Crippen LogP contribution in [0, 0.1) is 6.92 Å². The molecule has 0 aromatic heterocycles. The molecule has 1 aliphatic carbocycles. The molecule has 0 saturated heterocycles. The molecule has 0 saturated carbocycles. The first-order chi connectivity index (χ1) is 9.22. The van der Waals surface area contributed by atoms with Crippen molar-refractivity contribution in [3.63, 3.8) is 0 Å². The SMILES string of the molecule is Cc1cc(Cl)ccc1C(NN)/C1=C/CCCCCC1. The molecule has 2 nitrogen and oxygen atoms in total. The summed E-state index contributed by atoms with van der Waals surface area (Å²) in [5.41, 5.74) is 6.84. The lowest BCUT2D eigenvalue weighted by Crippen LogP contribution is -2.30. The Hall–Kier alpha value is -0.830. The molecule has 104 valence electrons. The van der Waals surface area contributed by atoms with E-state index < -0.39 is 0 Å². The number of nitrogens with two attached hydrogens (primary N) is 1. The molecule has 3 heteroatoms. The van der Waals surface area contributed by atoms with Crippen LogP contribution in [0.25, 0.3) is 0 Å². The maximum Gasteiger partial charge on any atom is 0.0672 e. The molecule has 1 aromatic carbocycles. The highest BCUT2D eigenvalue weighted by Gasteiger charge is 2.17. The molecule has 0 heterocycles. The van der Waals surface area contributed by atoms with Gasteiger partial charge in [0, 0.05) is 5.02 Å². The molecule has 2 rings (SSSR count). The summed E-state index contributed by atoms with van der Waals surface area (Å²) in [4.78, 5) is 0. The van der Waals surface area contributed by atoms with Gasteiger partial charge < -0.3 is 0 Å². The largest absolute Gasteiger partial charge is 0.271 e. The predicted molar refractivity (Wildman–Crippen MR) is 82.0 cm³/mol. The van der Waals surface area contributed by atoms with Crippen molar-refractivity contribution in [2.75, 3.05) is 0 Å². The fraction of sp³-hybridized carbons (Fsp3) is 0.500. The van der Waals surface area contributed by atoms with Crippen molar-refractivity contribution in [1.82, 2.24) is 5.43 Å². The summed E-state index contributed by atoms with van der Waals surface area (Å²) >= 11 is 6.03. The predicted octanol–water partition coefficient (Wildman–Crippen LogP) is 4.43. The summed E-state index contributed by atoms with van der Waals surface area (Å²) < 4.78 is 0. The molecule has 19 heavy (non-hydrogen) atoms. The van der Waals surface area contributed by atoms with Gasteiger partial charge in [-0.15, -0.1) is 0 Å². The summed E-state index contributed by atoms with van der Waals surface area (Å²) in [7, 11) is 0. The summed E-state index contributed by atoms with van der Waals surface area (Å²) in [6.07, 6.45) is 9.91. The van der Waals surface area contributed by atoms with Crippen molar-refractivity contribution in [2.45, 2.75) is 51.5 Å². The first kappa shape index (κ1) is 14.6. The van der Waals surface area contributed by atoms with Crippen molar-refractivity contribution >= 4 is 11.6 Å². The number of allylic oxidation sites excluding steroid dienone is 1. The first-order valence-corrected chi connectivity index (χ1v) is 7.51. The van der Waals surface area contributed by atoms with Crippen molar-refractivity contribution in [1.29, 1.82) is 0 Å². The monoisotopic (exact) mass is 278 g/mol. The molecular formula is C16H23ClN2. The molecule has 1 unspecified atom stereocenters. The molecule has 0 bridgehead atoms. The Labute approximate surface area is 121 Å². The van der Waals surface area contributed by atoms with E-state index in [1.165, 1.54) is 48.8 Å². The first-order valence-electron chi connectivity index (χ1n) is 7.13. The van der Waals surface area contributed by atoms with Gasteiger partial charge in [-0.3, -0.25) is 5.84 Å². The fourth-order valence-electron chi connectivity index (χ4n) is 2.84. The van der Waals surface area contributed by atoms with Gasteiger partial charge in [-0.2, -0.15) is 0 Å². The van der Waals surface area contributed by atoms with Crippen LogP contribution < -0.4 is 11.3 Å². The Morgan fingerprint density at radius 3 is 2.74 bits per heavy atom. The van der Waals surface area contributed by atoms with Gasteiger partial charge in [-0.25, -0.2) is 5.43 Å². The van der Waals surface area contributed by atoms with Crippen molar-refractivity contribution < 1.29 is 0 Å². The Balaban J connectivity index is 2.27. The van der Waals surface area contributed by atoms with E-state index in [1.54, 1.807) is 0 Å². The standard InChI is InChI=1S/C16H23ClN2/c1-12-11-14(17)9-10-15(12)16(19-18)13-7-5-3-2-4-6-8-13/h7,9-11,16,19H,2-6,8,18H2,1H3/b13-7+. The molecule has 0 amide bonds. The molecule has 0 fully saturated rings. The molecule has 1 aliphatic rings. The number of halogens is 1. The lowest BCUT2D eigenvalue weighted by molar-refractivity contribution is 0.554. The third-order valence-corrected chi connectivity index (χ3v) is 4.14. The van der Waals surface area contributed by atoms with E-state index in [9.17, 15) is 0 Å². The average molecular weight is 279 g/mol. The maximum absolute atomic E-state index is 6.03. The Morgan fingerprint density at radius 1 is 1.21 bits per heavy atom. The second kappa shape index (κ2) is 7.09. The molecule has 1 atom stereocenters. The van der Waals surface area contributed by atoms with Crippen LogP contribution in [0.4, 0.5) is 0 Å². The molecule has 0 radical (unpaired) electrons. The van der Waals surface area contributed by atoms with Crippen molar-refractivity contribution in [3.05, 3.63) is 46.0 Å². The third-order valence-electron chi connectivity index (χ3n) is 3.91. The molecule has 0 spiro atoms. The Bertz CT molecular complexity index is 454. The number of hydrogen-bond acceptors (Lipinski definition) is 2. The van der Waals surface area contributed by atoms with E-state index in [1.807, 2.05) is 12.1 Å². The van der Waals surface area contributed by atoms with Gasteiger partial charge in [0.05, 0.1) is 6.04 Å². The highest BCUT2D eigenvalue weighted by molar-refractivity contribution is 6.30. The summed E-state index contributed by atoms with van der Waals surface area (Å²) in [5.74, 6) is 5.81. The maximum atomic E-state index is 6.03. The number of hydrazine groups is 1. The van der Waals surface area contributed by atoms with Crippen molar-refractivity contribution in [2.24, 2.45) is 5.84 Å². The van der Waals surface area contributed by atoms with Crippen LogP contribution in [0.2, 0.25) is 5.02 Å². The zero-order chi connectivity index (χ0) is 13.7. The van der Waals surface area contributed by atoms with Crippen molar-refractivity contribution in [3.8, 4) is 0 Å². The molecule has 0 aliphatic heterocycles. The van der Waals surface area contributed by atoms with E-state index >= 15 is 0 Å². The lowest BCUT2D eigenvalue weighted by atomic mass is 9.89. The van der Waals surface area contributed by atoms with Gasteiger partial charge in [0.15, 0.2) is 0 Å². The van der Waals surface area contributed by atoms with Crippen LogP contribution in [0.3, 0.4) is 0 Å². The normalized spacial score (nSPS) is 21.1. The highest BCUT2D eigenvalue weighted by Crippen LogP contribution is 2.31. The topological polar surface area (TPSA) is 38.0 Å². The van der Waals surface area contributed by atoms with Gasteiger partial charge in [0.2, 0.25) is 0 Å². The molecule has 1 aromatic rings. The number of hydrogen-bond donors (Lipinski definition) is 2. The summed E-state index contributed by atoms with van der Waals surface area (Å²) in [5, 5.41) is 0.781. The van der Waals surface area contributed by atoms with Gasteiger partial charge in [0.1, 0.15) is 0 Å². The summed E-state index contributed by atoms with van der Waals surface area (Å²) in [6.45, 7) is 2.09. The lowest BCUT2D eigenvalue weighted by Gasteiger charge is -2.23. The zero-order valence-corrected chi connectivity index (χ0v) is 12.3. The second-order valence-electron chi connectivity index (χ2n) is 5.33. The third kappa shape index (κ3) is 3.82. The van der Waals surface area contributed by atoms with Crippen LogP contribution >= 0.6 is 11.6 Å². The quantitative estimate of drug-likeness (QED) is 0.487. The Kier molecular flexibility index (Phi) is 5.44. The van der Waals surface area contributed by atoms with Crippen LogP contribution in [0.1, 0.15) is 55.7 Å². The van der Waals surface area contributed by atoms with Gasteiger partial charge in [0.25, 0.3) is 0 Å². The van der Waals surface area contributed by atoms with Crippen LogP contribution in [0.15, 0.2) is 29.8 Å². The van der Waals surface area contributed by atoms with Gasteiger partial charge in [-0.1, -0.05) is 42.2 Å². The smallest absolute Gasteiger partial charge is 0.0672 e. The minimum absolute atomic E-state index is 0.121. The van der Waals surface area contributed by atoms with E-state index in [0.717, 1.165) is 11.4 Å². The van der Waals surface area contributed by atoms with Gasteiger partial charge in [-0.05, 0) is 55.9 Å². The number of benzene rings is 1. The molecular weight excluding hydrogens is 256 g/mol. The van der Waals surface area contributed by atoms with E-state index in [0.29, 0.717) is 0 Å². The number of rotatable bonds is 3. The van der Waals surface area contributed by atoms with Crippen LogP contribution in [-0.4, -0.2) is 0 Å².